The SMILES string of the molecule is Cc1c(Cl)cccc1S(=O)(=O)N1CCOC(CC(=O)O)C1. The summed E-state index contributed by atoms with van der Waals surface area (Å²) in [5.41, 5.74) is 0.487. The van der Waals surface area contributed by atoms with E-state index in [1.165, 1.54) is 10.4 Å². The maximum Gasteiger partial charge on any atom is 0.306 e. The molecule has 0 aromatic heterocycles. The van der Waals surface area contributed by atoms with Gasteiger partial charge in [0.25, 0.3) is 0 Å². The molecule has 21 heavy (non-hydrogen) atoms. The smallest absolute Gasteiger partial charge is 0.306 e. The van der Waals surface area contributed by atoms with Gasteiger partial charge in [0.1, 0.15) is 0 Å². The van der Waals surface area contributed by atoms with E-state index in [2.05, 4.69) is 0 Å². The number of hydrogen-bond acceptors (Lipinski definition) is 4. The Balaban J connectivity index is 2.27. The van der Waals surface area contributed by atoms with Crippen molar-refractivity contribution in [3.8, 4) is 0 Å². The van der Waals surface area contributed by atoms with Crippen LogP contribution in [-0.4, -0.2) is 49.6 Å². The fraction of sp³-hybridized carbons (Fsp3) is 0.462. The van der Waals surface area contributed by atoms with Crippen molar-refractivity contribution >= 4 is 27.6 Å². The van der Waals surface area contributed by atoms with Gasteiger partial charge < -0.3 is 9.84 Å². The fourth-order valence-electron chi connectivity index (χ4n) is 2.24. The first kappa shape index (κ1) is 16.2. The van der Waals surface area contributed by atoms with Crippen LogP contribution in [0.2, 0.25) is 5.02 Å². The van der Waals surface area contributed by atoms with Crippen molar-refractivity contribution < 1.29 is 23.1 Å². The van der Waals surface area contributed by atoms with E-state index in [4.69, 9.17) is 21.4 Å². The van der Waals surface area contributed by atoms with E-state index in [0.717, 1.165) is 0 Å². The first-order valence-corrected chi connectivity index (χ1v) is 8.23. The number of carboxylic acids is 1. The molecule has 0 bridgehead atoms. The summed E-state index contributed by atoms with van der Waals surface area (Å²) >= 11 is 5.97. The average Bonchev–Trinajstić information content (AvgIpc) is 2.41. The van der Waals surface area contributed by atoms with E-state index in [0.29, 0.717) is 10.6 Å². The molecule has 116 valence electrons. The summed E-state index contributed by atoms with van der Waals surface area (Å²) in [6.45, 7) is 2.05. The summed E-state index contributed by atoms with van der Waals surface area (Å²) in [5, 5.41) is 9.17. The van der Waals surface area contributed by atoms with Gasteiger partial charge in [-0.15, -0.1) is 0 Å². The highest BCUT2D eigenvalue weighted by atomic mass is 35.5. The van der Waals surface area contributed by atoms with Crippen LogP contribution >= 0.6 is 11.6 Å². The van der Waals surface area contributed by atoms with Crippen LogP contribution in [-0.2, 0) is 19.6 Å². The second kappa shape index (κ2) is 6.31. The Bertz CT molecular complexity index is 646. The lowest BCUT2D eigenvalue weighted by molar-refractivity contribution is -0.141. The normalized spacial score (nSPS) is 20.4. The Morgan fingerprint density at radius 3 is 2.90 bits per heavy atom. The topological polar surface area (TPSA) is 83.9 Å². The number of benzene rings is 1. The fourth-order valence-corrected chi connectivity index (χ4v) is 4.17. The van der Waals surface area contributed by atoms with Gasteiger partial charge in [-0.1, -0.05) is 17.7 Å². The number of hydrogen-bond donors (Lipinski definition) is 1. The van der Waals surface area contributed by atoms with Crippen LogP contribution in [0.1, 0.15) is 12.0 Å². The number of carboxylic acid groups (broad SMARTS) is 1. The zero-order chi connectivity index (χ0) is 15.6. The van der Waals surface area contributed by atoms with Crippen LogP contribution in [0.25, 0.3) is 0 Å². The van der Waals surface area contributed by atoms with Crippen molar-refractivity contribution in [3.63, 3.8) is 0 Å². The van der Waals surface area contributed by atoms with Crippen LogP contribution in [0, 0.1) is 6.92 Å². The molecule has 1 N–H and O–H groups in total. The molecule has 1 heterocycles. The monoisotopic (exact) mass is 333 g/mol. The molecular formula is C13H16ClNO5S. The van der Waals surface area contributed by atoms with Crippen molar-refractivity contribution in [2.24, 2.45) is 0 Å². The van der Waals surface area contributed by atoms with E-state index >= 15 is 0 Å². The largest absolute Gasteiger partial charge is 0.481 e. The Kier molecular flexibility index (Phi) is 4.88. The molecule has 0 spiro atoms. The van der Waals surface area contributed by atoms with E-state index in [-0.39, 0.29) is 31.0 Å². The summed E-state index contributed by atoms with van der Waals surface area (Å²) in [4.78, 5) is 10.9. The van der Waals surface area contributed by atoms with Crippen molar-refractivity contribution in [2.45, 2.75) is 24.3 Å². The zero-order valence-electron chi connectivity index (χ0n) is 11.5. The van der Waals surface area contributed by atoms with Crippen molar-refractivity contribution in [1.29, 1.82) is 0 Å². The Morgan fingerprint density at radius 2 is 2.24 bits per heavy atom. The highest BCUT2D eigenvalue weighted by Gasteiger charge is 2.32. The molecular weight excluding hydrogens is 318 g/mol. The second-order valence-electron chi connectivity index (χ2n) is 4.82. The lowest BCUT2D eigenvalue weighted by Crippen LogP contribution is -2.46. The van der Waals surface area contributed by atoms with Gasteiger partial charge in [0.05, 0.1) is 24.0 Å². The maximum atomic E-state index is 12.7. The minimum atomic E-state index is -3.71. The molecule has 1 aliphatic heterocycles. The molecule has 1 unspecified atom stereocenters. The zero-order valence-corrected chi connectivity index (χ0v) is 13.0. The summed E-state index contributed by atoms with van der Waals surface area (Å²) in [6.07, 6.45) is -0.855. The number of ether oxygens (including phenoxy) is 1. The first-order valence-electron chi connectivity index (χ1n) is 6.41. The van der Waals surface area contributed by atoms with Gasteiger partial charge in [0.15, 0.2) is 0 Å². The molecule has 1 aromatic carbocycles. The molecule has 0 radical (unpaired) electrons. The molecule has 6 nitrogen and oxygen atoms in total. The summed E-state index contributed by atoms with van der Waals surface area (Å²) in [7, 11) is -3.71. The van der Waals surface area contributed by atoms with Crippen LogP contribution in [0.4, 0.5) is 0 Å². The molecule has 2 rings (SSSR count). The second-order valence-corrected chi connectivity index (χ2v) is 7.13. The summed E-state index contributed by atoms with van der Waals surface area (Å²) in [6, 6.07) is 4.71. The third kappa shape index (κ3) is 3.55. The minimum Gasteiger partial charge on any atom is -0.481 e. The van der Waals surface area contributed by atoms with Crippen LogP contribution in [0.3, 0.4) is 0 Å². The molecule has 0 aliphatic carbocycles. The van der Waals surface area contributed by atoms with E-state index < -0.39 is 22.1 Å². The molecule has 0 amide bonds. The van der Waals surface area contributed by atoms with Crippen LogP contribution < -0.4 is 0 Å². The third-order valence-corrected chi connectivity index (χ3v) is 5.76. The predicted molar refractivity (Wildman–Crippen MR) is 76.9 cm³/mol. The van der Waals surface area contributed by atoms with Crippen molar-refractivity contribution in [3.05, 3.63) is 28.8 Å². The molecule has 1 atom stereocenters. The van der Waals surface area contributed by atoms with E-state index in [1.54, 1.807) is 19.1 Å². The standard InChI is InChI=1S/C13H16ClNO5S/c1-9-11(14)3-2-4-12(9)21(18,19)15-5-6-20-10(8-15)7-13(16)17/h2-4,10H,5-8H2,1H3,(H,16,17). The average molecular weight is 334 g/mol. The summed E-state index contributed by atoms with van der Waals surface area (Å²) < 4.78 is 31.9. The maximum absolute atomic E-state index is 12.7. The van der Waals surface area contributed by atoms with Crippen molar-refractivity contribution in [1.82, 2.24) is 4.31 Å². The number of morpholine rings is 1. The molecule has 1 aromatic rings. The van der Waals surface area contributed by atoms with Gasteiger partial charge in [-0.3, -0.25) is 4.79 Å². The predicted octanol–water partition coefficient (Wildman–Crippen LogP) is 1.51. The van der Waals surface area contributed by atoms with Crippen molar-refractivity contribution in [2.75, 3.05) is 19.7 Å². The van der Waals surface area contributed by atoms with Gasteiger partial charge in [0.2, 0.25) is 10.0 Å². The quantitative estimate of drug-likeness (QED) is 0.903. The first-order chi connectivity index (χ1) is 9.82. The van der Waals surface area contributed by atoms with Gasteiger partial charge in [-0.25, -0.2) is 8.42 Å². The van der Waals surface area contributed by atoms with E-state index in [9.17, 15) is 13.2 Å². The van der Waals surface area contributed by atoms with Gasteiger partial charge in [-0.2, -0.15) is 4.31 Å². The molecule has 1 aliphatic rings. The van der Waals surface area contributed by atoms with Crippen LogP contribution in [0.15, 0.2) is 23.1 Å². The van der Waals surface area contributed by atoms with Gasteiger partial charge in [-0.05, 0) is 24.6 Å². The molecule has 1 fully saturated rings. The highest BCUT2D eigenvalue weighted by molar-refractivity contribution is 7.89. The van der Waals surface area contributed by atoms with Gasteiger partial charge >= 0.3 is 5.97 Å². The molecule has 1 saturated heterocycles. The minimum absolute atomic E-state index is 0.0284. The third-order valence-electron chi connectivity index (χ3n) is 3.34. The number of sulfonamides is 1. The number of aliphatic carboxylic acids is 1. The number of rotatable bonds is 4. The highest BCUT2D eigenvalue weighted by Crippen LogP contribution is 2.26. The number of carbonyl (C=O) groups is 1. The van der Waals surface area contributed by atoms with Gasteiger partial charge in [0, 0.05) is 18.1 Å². The molecule has 0 saturated carbocycles. The lowest BCUT2D eigenvalue weighted by atomic mass is 10.2. The Labute approximate surface area is 128 Å². The number of halogens is 1. The lowest BCUT2D eigenvalue weighted by Gasteiger charge is -2.31. The van der Waals surface area contributed by atoms with E-state index in [1.807, 2.05) is 0 Å². The summed E-state index contributed by atoms with van der Waals surface area (Å²) in [5.74, 6) is -1.02. The number of nitrogens with zero attached hydrogens (tertiary/aromatic N) is 1. The Morgan fingerprint density at radius 1 is 1.52 bits per heavy atom. The Hall–Kier alpha value is -1.15. The molecule has 8 heteroatoms. The van der Waals surface area contributed by atoms with Crippen LogP contribution in [0.5, 0.6) is 0 Å².